The molecule has 1 aromatic rings. The maximum atomic E-state index is 13.7. The largest absolute Gasteiger partial charge is 0.497 e. The Balaban J connectivity index is 2.26. The van der Waals surface area contributed by atoms with Crippen LogP contribution in [-0.4, -0.2) is 53.5 Å². The number of carbonyl (C=O) groups excluding carboxylic acids is 4. The molecular formula is C32H50N2O5. The molecule has 0 aromatic heterocycles. The molecule has 5 atom stereocenters. The number of Topliss-reactive ketones (excluding diaryl/α,β-unsaturated/α-hetero) is 2. The number of benzene rings is 1. The quantitative estimate of drug-likeness (QED) is 0.315. The molecule has 1 N–H and O–H groups in total. The van der Waals surface area contributed by atoms with Gasteiger partial charge in [-0.15, -0.1) is 0 Å². The van der Waals surface area contributed by atoms with Crippen LogP contribution in [0.15, 0.2) is 24.3 Å². The Bertz CT molecular complexity index is 965. The third-order valence-corrected chi connectivity index (χ3v) is 8.23. The fourth-order valence-electron chi connectivity index (χ4n) is 5.68. The van der Waals surface area contributed by atoms with Crippen molar-refractivity contribution < 1.29 is 23.9 Å². The van der Waals surface area contributed by atoms with Gasteiger partial charge < -0.3 is 15.0 Å². The number of hydrogen-bond acceptors (Lipinski definition) is 5. The smallest absolute Gasteiger partial charge is 0.224 e. The van der Waals surface area contributed by atoms with Gasteiger partial charge in [0.1, 0.15) is 11.5 Å². The fraction of sp³-hybridized carbons (Fsp3) is 0.688. The van der Waals surface area contributed by atoms with Gasteiger partial charge in [0.05, 0.1) is 13.2 Å². The van der Waals surface area contributed by atoms with Crippen molar-refractivity contribution in [1.82, 2.24) is 10.2 Å². The maximum absolute atomic E-state index is 13.7. The molecule has 218 valence electrons. The first-order valence-corrected chi connectivity index (χ1v) is 14.8. The monoisotopic (exact) mass is 542 g/mol. The molecule has 0 saturated carbocycles. The molecule has 0 spiro atoms. The number of nitrogens with zero attached hydrogens (tertiary/aromatic N) is 1. The van der Waals surface area contributed by atoms with Gasteiger partial charge in [-0.1, -0.05) is 45.7 Å². The average molecular weight is 543 g/mol. The van der Waals surface area contributed by atoms with Gasteiger partial charge in [-0.05, 0) is 76.5 Å². The number of ether oxygens (including phenoxy) is 1. The lowest BCUT2D eigenvalue weighted by atomic mass is 9.87. The zero-order valence-corrected chi connectivity index (χ0v) is 25.1. The van der Waals surface area contributed by atoms with Crippen LogP contribution in [-0.2, 0) is 25.6 Å². The molecule has 0 bridgehead atoms. The van der Waals surface area contributed by atoms with Crippen LogP contribution in [0.2, 0.25) is 0 Å². The third kappa shape index (κ3) is 9.77. The molecule has 0 radical (unpaired) electrons. The lowest BCUT2D eigenvalue weighted by Gasteiger charge is -2.40. The summed E-state index contributed by atoms with van der Waals surface area (Å²) in [6, 6.07) is 6.96. The highest BCUT2D eigenvalue weighted by Crippen LogP contribution is 2.26. The second-order valence-corrected chi connectivity index (χ2v) is 11.7. The number of hydrogen-bond donors (Lipinski definition) is 1. The normalized spacial score (nSPS) is 19.7. The van der Waals surface area contributed by atoms with Crippen molar-refractivity contribution in [2.75, 3.05) is 7.11 Å². The standard InChI is InChI=1S/C32H50N2O5/c1-8-9-15-26(24(6)35)19-30(36)29(18-25-14-11-16-27(17-25)39-7)33-32(38)28(21(2)3)20-31(37)34-22(4)12-10-13-23(34)5/h11,14,16-17,21-23,26,28-29H,8-10,12-13,15,18-20H2,1-7H3,(H,33,38)/t22-,23+,26-,28-,29+/m0/s1. The van der Waals surface area contributed by atoms with Gasteiger partial charge in [-0.3, -0.25) is 19.2 Å². The van der Waals surface area contributed by atoms with E-state index in [4.69, 9.17) is 4.74 Å². The van der Waals surface area contributed by atoms with E-state index in [1.165, 1.54) is 6.92 Å². The summed E-state index contributed by atoms with van der Waals surface area (Å²) in [5.41, 5.74) is 0.856. The number of likely N-dealkylation sites (tertiary alicyclic amines) is 1. The summed E-state index contributed by atoms with van der Waals surface area (Å²) in [4.78, 5) is 54.9. The van der Waals surface area contributed by atoms with Crippen LogP contribution in [0.1, 0.15) is 98.5 Å². The third-order valence-electron chi connectivity index (χ3n) is 8.23. The van der Waals surface area contributed by atoms with Crippen molar-refractivity contribution in [2.24, 2.45) is 17.8 Å². The molecule has 1 saturated heterocycles. The Kier molecular flexibility index (Phi) is 13.2. The minimum atomic E-state index is -0.794. The Morgan fingerprint density at radius 1 is 1.08 bits per heavy atom. The predicted octanol–water partition coefficient (Wildman–Crippen LogP) is 5.53. The molecule has 0 unspecified atom stereocenters. The van der Waals surface area contributed by atoms with Gasteiger partial charge in [-0.25, -0.2) is 0 Å². The van der Waals surface area contributed by atoms with E-state index in [-0.39, 0.29) is 60.1 Å². The number of ketones is 2. The van der Waals surface area contributed by atoms with E-state index < -0.39 is 12.0 Å². The molecular weight excluding hydrogens is 492 g/mol. The number of methoxy groups -OCH3 is 1. The summed E-state index contributed by atoms with van der Waals surface area (Å²) < 4.78 is 5.35. The van der Waals surface area contributed by atoms with Gasteiger partial charge in [0, 0.05) is 36.8 Å². The van der Waals surface area contributed by atoms with Crippen LogP contribution in [0.3, 0.4) is 0 Å². The molecule has 1 aliphatic rings. The summed E-state index contributed by atoms with van der Waals surface area (Å²) in [7, 11) is 1.59. The zero-order valence-electron chi connectivity index (χ0n) is 25.1. The van der Waals surface area contributed by atoms with Crippen molar-refractivity contribution in [3.8, 4) is 5.75 Å². The molecule has 0 aliphatic carbocycles. The number of amides is 2. The van der Waals surface area contributed by atoms with Gasteiger partial charge in [0.25, 0.3) is 0 Å². The molecule has 39 heavy (non-hydrogen) atoms. The summed E-state index contributed by atoms with van der Waals surface area (Å²) in [6.45, 7) is 11.6. The molecule has 1 aliphatic heterocycles. The van der Waals surface area contributed by atoms with Crippen molar-refractivity contribution in [2.45, 2.75) is 117 Å². The average Bonchev–Trinajstić information content (AvgIpc) is 2.88. The number of nitrogens with one attached hydrogen (secondary N) is 1. The zero-order chi connectivity index (χ0) is 29.1. The predicted molar refractivity (Wildman–Crippen MR) is 155 cm³/mol. The fourth-order valence-corrected chi connectivity index (χ4v) is 5.68. The minimum absolute atomic E-state index is 0.00122. The van der Waals surface area contributed by atoms with E-state index in [0.29, 0.717) is 18.6 Å². The lowest BCUT2D eigenvalue weighted by molar-refractivity contribution is -0.142. The van der Waals surface area contributed by atoms with Gasteiger partial charge in [-0.2, -0.15) is 0 Å². The van der Waals surface area contributed by atoms with E-state index in [1.54, 1.807) is 7.11 Å². The summed E-state index contributed by atoms with van der Waals surface area (Å²) in [5, 5.41) is 3.00. The Hall–Kier alpha value is -2.70. The van der Waals surface area contributed by atoms with Gasteiger partial charge in [0.2, 0.25) is 11.8 Å². The summed E-state index contributed by atoms with van der Waals surface area (Å²) >= 11 is 0. The van der Waals surface area contributed by atoms with Crippen LogP contribution >= 0.6 is 0 Å². The van der Waals surface area contributed by atoms with E-state index in [1.807, 2.05) is 43.0 Å². The first-order valence-electron chi connectivity index (χ1n) is 14.8. The molecule has 2 rings (SSSR count). The van der Waals surface area contributed by atoms with Crippen molar-refractivity contribution >= 4 is 23.4 Å². The molecule has 2 amide bonds. The SMILES string of the molecule is CCCC[C@@H](CC(=O)[C@@H](Cc1cccc(OC)c1)NC(=O)[C@@H](CC(=O)N1[C@H](C)CCC[C@@H]1C)C(C)C)C(C)=O. The molecule has 1 heterocycles. The second-order valence-electron chi connectivity index (χ2n) is 11.7. The van der Waals surface area contributed by atoms with Crippen LogP contribution in [0, 0.1) is 17.8 Å². The van der Waals surface area contributed by atoms with Crippen LogP contribution in [0.4, 0.5) is 0 Å². The number of unbranched alkanes of at least 4 members (excludes halogenated alkanes) is 1. The van der Waals surface area contributed by atoms with E-state index >= 15 is 0 Å². The van der Waals surface area contributed by atoms with E-state index in [9.17, 15) is 19.2 Å². The van der Waals surface area contributed by atoms with Crippen molar-refractivity contribution in [3.05, 3.63) is 29.8 Å². The topological polar surface area (TPSA) is 92.8 Å². The number of rotatable bonds is 15. The molecule has 7 nitrogen and oxygen atoms in total. The van der Waals surface area contributed by atoms with E-state index in [2.05, 4.69) is 26.1 Å². The lowest BCUT2D eigenvalue weighted by Crippen LogP contribution is -2.50. The highest BCUT2D eigenvalue weighted by molar-refractivity contribution is 5.94. The first kappa shape index (κ1) is 32.5. The number of carbonyl (C=O) groups is 4. The van der Waals surface area contributed by atoms with Crippen LogP contribution in [0.25, 0.3) is 0 Å². The molecule has 7 heteroatoms. The summed E-state index contributed by atoms with van der Waals surface area (Å²) in [6.07, 6.45) is 6.03. The van der Waals surface area contributed by atoms with Crippen LogP contribution < -0.4 is 10.1 Å². The minimum Gasteiger partial charge on any atom is -0.497 e. The van der Waals surface area contributed by atoms with Gasteiger partial charge >= 0.3 is 0 Å². The molecule has 1 fully saturated rings. The summed E-state index contributed by atoms with van der Waals surface area (Å²) in [5.74, 6) is -0.764. The first-order chi connectivity index (χ1) is 18.5. The second kappa shape index (κ2) is 15.8. The highest BCUT2D eigenvalue weighted by Gasteiger charge is 2.35. The van der Waals surface area contributed by atoms with Crippen molar-refractivity contribution in [1.29, 1.82) is 0 Å². The Morgan fingerprint density at radius 2 is 1.74 bits per heavy atom. The van der Waals surface area contributed by atoms with Crippen LogP contribution in [0.5, 0.6) is 5.75 Å². The van der Waals surface area contributed by atoms with Crippen molar-refractivity contribution in [3.63, 3.8) is 0 Å². The van der Waals surface area contributed by atoms with E-state index in [0.717, 1.165) is 37.7 Å². The van der Waals surface area contributed by atoms with Gasteiger partial charge in [0.15, 0.2) is 5.78 Å². The molecule has 1 aromatic carbocycles. The maximum Gasteiger partial charge on any atom is 0.224 e. The highest BCUT2D eigenvalue weighted by atomic mass is 16.5. The number of piperidine rings is 1. The Labute approximate surface area is 235 Å². The Morgan fingerprint density at radius 3 is 2.31 bits per heavy atom.